The molecule has 0 aliphatic carbocycles. The van der Waals surface area contributed by atoms with Gasteiger partial charge in [-0.25, -0.2) is 4.98 Å². The van der Waals surface area contributed by atoms with Crippen molar-refractivity contribution in [1.82, 2.24) is 4.98 Å². The van der Waals surface area contributed by atoms with Gasteiger partial charge in [-0.3, -0.25) is 4.79 Å². The van der Waals surface area contributed by atoms with Gasteiger partial charge < -0.3 is 0 Å². The van der Waals surface area contributed by atoms with Crippen molar-refractivity contribution in [2.45, 2.75) is 0 Å². The van der Waals surface area contributed by atoms with E-state index in [1.54, 1.807) is 10.9 Å². The summed E-state index contributed by atoms with van der Waals surface area (Å²) in [6.07, 6.45) is 1.26. The summed E-state index contributed by atoms with van der Waals surface area (Å²) in [5, 5.41) is 1.70. The molecule has 0 spiro atoms. The van der Waals surface area contributed by atoms with Gasteiger partial charge in [-0.2, -0.15) is 0 Å². The Morgan fingerprint density at radius 3 is 3.11 bits per heavy atom. The molecule has 1 aromatic rings. The Morgan fingerprint density at radius 1 is 1.89 bits per heavy atom. The summed E-state index contributed by atoms with van der Waals surface area (Å²) < 4.78 is 0. The lowest BCUT2D eigenvalue weighted by molar-refractivity contribution is 0.104. The number of hydrogen-bond acceptors (Lipinski definition) is 3. The molecule has 0 amide bonds. The van der Waals surface area contributed by atoms with Crippen molar-refractivity contribution in [3.05, 3.63) is 29.2 Å². The molecule has 0 saturated carbocycles. The molecule has 0 aliphatic rings. The molecule has 0 N–H and O–H groups in total. The molecule has 0 fully saturated rings. The maximum atomic E-state index is 10.7. The zero-order valence-corrected chi connectivity index (χ0v) is 5.52. The molecule has 0 aliphatic heterocycles. The van der Waals surface area contributed by atoms with Crippen LogP contribution in [0.1, 0.15) is 10.5 Å². The topological polar surface area (TPSA) is 30.0 Å². The van der Waals surface area contributed by atoms with E-state index in [0.29, 0.717) is 5.69 Å². The van der Waals surface area contributed by atoms with Crippen molar-refractivity contribution in [2.75, 3.05) is 0 Å². The SMILES string of the molecule is C=CC(=O)c1cscn1. The average molecular weight is 139 g/mol. The van der Waals surface area contributed by atoms with E-state index in [-0.39, 0.29) is 5.78 Å². The quantitative estimate of drug-likeness (QED) is 0.459. The maximum absolute atomic E-state index is 10.7. The lowest BCUT2D eigenvalue weighted by Gasteiger charge is -1.80. The molecule has 1 heterocycles. The first-order valence-corrected chi connectivity index (χ1v) is 3.34. The van der Waals surface area contributed by atoms with Crippen LogP contribution in [0.2, 0.25) is 0 Å². The maximum Gasteiger partial charge on any atom is 0.204 e. The number of ketones is 1. The smallest absolute Gasteiger partial charge is 0.204 e. The van der Waals surface area contributed by atoms with Gasteiger partial charge in [-0.15, -0.1) is 11.3 Å². The molecule has 0 radical (unpaired) electrons. The lowest BCUT2D eigenvalue weighted by Crippen LogP contribution is -1.91. The second kappa shape index (κ2) is 2.55. The van der Waals surface area contributed by atoms with Gasteiger partial charge in [0.15, 0.2) is 0 Å². The zero-order chi connectivity index (χ0) is 6.69. The molecule has 0 bridgehead atoms. The van der Waals surface area contributed by atoms with Crippen molar-refractivity contribution in [3.63, 3.8) is 0 Å². The van der Waals surface area contributed by atoms with Crippen molar-refractivity contribution in [3.8, 4) is 0 Å². The number of nitrogens with zero attached hydrogens (tertiary/aromatic N) is 1. The molecule has 0 aromatic carbocycles. The van der Waals surface area contributed by atoms with Crippen LogP contribution in [0.5, 0.6) is 0 Å². The van der Waals surface area contributed by atoms with Crippen LogP contribution in [-0.2, 0) is 0 Å². The first-order chi connectivity index (χ1) is 4.34. The van der Waals surface area contributed by atoms with Gasteiger partial charge in [0.25, 0.3) is 0 Å². The summed E-state index contributed by atoms with van der Waals surface area (Å²) in [5.74, 6) is -0.115. The highest BCUT2D eigenvalue weighted by molar-refractivity contribution is 7.07. The van der Waals surface area contributed by atoms with Gasteiger partial charge in [-0.1, -0.05) is 6.58 Å². The van der Waals surface area contributed by atoms with Crippen molar-refractivity contribution in [2.24, 2.45) is 0 Å². The van der Waals surface area contributed by atoms with Crippen LogP contribution in [-0.4, -0.2) is 10.8 Å². The van der Waals surface area contributed by atoms with Crippen molar-refractivity contribution >= 4 is 17.1 Å². The molecule has 46 valence electrons. The standard InChI is InChI=1S/C6H5NOS/c1-2-6(8)5-3-9-4-7-5/h2-4H,1H2. The Kier molecular flexibility index (Phi) is 1.75. The summed E-state index contributed by atoms with van der Waals surface area (Å²) in [6.45, 7) is 3.33. The molecule has 2 nitrogen and oxygen atoms in total. The Hall–Kier alpha value is -0.960. The zero-order valence-electron chi connectivity index (χ0n) is 4.70. The van der Waals surface area contributed by atoms with E-state index in [4.69, 9.17) is 0 Å². The van der Waals surface area contributed by atoms with E-state index < -0.39 is 0 Å². The molecular weight excluding hydrogens is 134 g/mol. The number of rotatable bonds is 2. The molecule has 1 rings (SSSR count). The molecule has 3 heteroatoms. The van der Waals surface area contributed by atoms with Crippen LogP contribution in [0.25, 0.3) is 0 Å². The monoisotopic (exact) mass is 139 g/mol. The highest BCUT2D eigenvalue weighted by Crippen LogP contribution is 2.01. The molecule has 0 unspecified atom stereocenters. The molecule has 0 saturated heterocycles. The van der Waals surface area contributed by atoms with Crippen LogP contribution >= 0.6 is 11.3 Å². The minimum Gasteiger partial charge on any atom is -0.288 e. The number of allylic oxidation sites excluding steroid dienone is 1. The van der Waals surface area contributed by atoms with E-state index in [1.165, 1.54) is 17.4 Å². The van der Waals surface area contributed by atoms with Gasteiger partial charge >= 0.3 is 0 Å². The largest absolute Gasteiger partial charge is 0.288 e. The number of carbonyl (C=O) groups is 1. The predicted molar refractivity (Wildman–Crippen MR) is 36.6 cm³/mol. The van der Waals surface area contributed by atoms with Crippen LogP contribution in [0, 0.1) is 0 Å². The van der Waals surface area contributed by atoms with Crippen LogP contribution in [0.15, 0.2) is 23.5 Å². The predicted octanol–water partition coefficient (Wildman–Crippen LogP) is 1.51. The van der Waals surface area contributed by atoms with Crippen LogP contribution in [0.4, 0.5) is 0 Å². The van der Waals surface area contributed by atoms with E-state index in [9.17, 15) is 4.79 Å². The molecule has 9 heavy (non-hydrogen) atoms. The Balaban J connectivity index is 2.89. The van der Waals surface area contributed by atoms with E-state index in [2.05, 4.69) is 11.6 Å². The van der Waals surface area contributed by atoms with E-state index in [1.807, 2.05) is 0 Å². The van der Waals surface area contributed by atoms with Crippen molar-refractivity contribution in [1.29, 1.82) is 0 Å². The summed E-state index contributed by atoms with van der Waals surface area (Å²) >= 11 is 1.40. The van der Waals surface area contributed by atoms with Crippen LogP contribution in [0.3, 0.4) is 0 Å². The van der Waals surface area contributed by atoms with Gasteiger partial charge in [0.1, 0.15) is 5.69 Å². The number of carbonyl (C=O) groups excluding carboxylic acids is 1. The first-order valence-electron chi connectivity index (χ1n) is 2.39. The number of thiazole rings is 1. The van der Waals surface area contributed by atoms with Gasteiger partial charge in [0.2, 0.25) is 5.78 Å². The Labute approximate surface area is 56.9 Å². The normalized spacial score (nSPS) is 8.89. The lowest BCUT2D eigenvalue weighted by atomic mass is 10.3. The fraction of sp³-hybridized carbons (Fsp3) is 0. The fourth-order valence-electron chi connectivity index (χ4n) is 0.439. The van der Waals surface area contributed by atoms with Gasteiger partial charge in [0, 0.05) is 5.38 Å². The molecular formula is C6H5NOS. The summed E-state index contributed by atoms with van der Waals surface area (Å²) in [4.78, 5) is 14.5. The summed E-state index contributed by atoms with van der Waals surface area (Å²) in [5.41, 5.74) is 2.10. The Bertz CT molecular complexity index is 215. The minimum absolute atomic E-state index is 0.115. The highest BCUT2D eigenvalue weighted by Gasteiger charge is 1.99. The second-order valence-electron chi connectivity index (χ2n) is 1.44. The summed E-state index contributed by atoms with van der Waals surface area (Å²) in [7, 11) is 0. The third-order valence-corrected chi connectivity index (χ3v) is 1.46. The fourth-order valence-corrected chi connectivity index (χ4v) is 0.980. The number of hydrogen-bond donors (Lipinski definition) is 0. The van der Waals surface area contributed by atoms with Crippen LogP contribution < -0.4 is 0 Å². The van der Waals surface area contributed by atoms with Gasteiger partial charge in [-0.05, 0) is 6.08 Å². The first kappa shape index (κ1) is 6.16. The minimum atomic E-state index is -0.115. The number of aromatic nitrogens is 1. The average Bonchev–Trinajstić information content (AvgIpc) is 2.37. The summed E-state index contributed by atoms with van der Waals surface area (Å²) in [6, 6.07) is 0. The third-order valence-electron chi connectivity index (χ3n) is 0.870. The van der Waals surface area contributed by atoms with Crippen molar-refractivity contribution < 1.29 is 4.79 Å². The molecule has 0 atom stereocenters. The third kappa shape index (κ3) is 1.23. The highest BCUT2D eigenvalue weighted by atomic mass is 32.1. The molecule has 1 aromatic heterocycles. The Morgan fingerprint density at radius 2 is 2.67 bits per heavy atom. The second-order valence-corrected chi connectivity index (χ2v) is 2.16. The van der Waals surface area contributed by atoms with E-state index >= 15 is 0 Å². The van der Waals surface area contributed by atoms with E-state index in [0.717, 1.165) is 0 Å². The van der Waals surface area contributed by atoms with Gasteiger partial charge in [0.05, 0.1) is 5.51 Å².